The van der Waals surface area contributed by atoms with Crippen LogP contribution in [0.3, 0.4) is 0 Å². The van der Waals surface area contributed by atoms with Crippen LogP contribution in [0.1, 0.15) is 12.5 Å². The minimum absolute atomic E-state index is 0.0827. The van der Waals surface area contributed by atoms with Crippen LogP contribution >= 0.6 is 0 Å². The minimum Gasteiger partial charge on any atom is -0.491 e. The van der Waals surface area contributed by atoms with E-state index in [0.29, 0.717) is 17.5 Å². The number of carbonyl (C=O) groups excluding carboxylic acids is 2. The Kier molecular flexibility index (Phi) is 6.43. The number of aliphatic hydroxyl groups excluding tert-OH is 1. The maximum Gasteiger partial charge on any atom is 0.392 e. The van der Waals surface area contributed by atoms with Gasteiger partial charge in [0.1, 0.15) is 18.5 Å². The molecule has 3 aliphatic rings. The molecule has 2 atom stereocenters. The Morgan fingerprint density at radius 2 is 2.00 bits per heavy atom. The smallest absolute Gasteiger partial charge is 0.392 e. The quantitative estimate of drug-likeness (QED) is 0.579. The molecule has 1 aromatic carbocycles. The number of aliphatic imine (C=N–C) groups is 1. The Morgan fingerprint density at radius 1 is 1.25 bits per heavy atom. The van der Waals surface area contributed by atoms with Crippen molar-refractivity contribution < 1.29 is 24.0 Å². The number of aliphatic hydroxyl groups is 1. The van der Waals surface area contributed by atoms with Gasteiger partial charge >= 0.3 is 12.0 Å². The average Bonchev–Trinajstić information content (AvgIpc) is 3.20. The first-order valence-electron chi connectivity index (χ1n) is 11.0. The number of ether oxygens (including phenoxy) is 1. The number of amidine groups is 1. The average molecular weight is 444 g/mol. The zero-order valence-corrected chi connectivity index (χ0v) is 18.8. The Hall–Kier alpha value is -2.98. The monoisotopic (exact) mass is 443 g/mol. The molecule has 0 aliphatic carbocycles. The van der Waals surface area contributed by atoms with E-state index in [-0.39, 0.29) is 19.1 Å². The Morgan fingerprint density at radius 3 is 2.72 bits per heavy atom. The summed E-state index contributed by atoms with van der Waals surface area (Å²) in [4.78, 5) is 34.5. The lowest BCUT2D eigenvalue weighted by atomic mass is 10.1. The van der Waals surface area contributed by atoms with E-state index in [0.717, 1.165) is 43.1 Å². The van der Waals surface area contributed by atoms with Crippen molar-refractivity contribution in [1.82, 2.24) is 20.0 Å². The van der Waals surface area contributed by atoms with E-state index in [2.05, 4.69) is 21.8 Å². The number of β-amino-alcohol motifs (C(OH)–C–C–N with tert-alkyl or cyclic N) is 1. The van der Waals surface area contributed by atoms with Gasteiger partial charge in [-0.2, -0.15) is 0 Å². The van der Waals surface area contributed by atoms with Crippen LogP contribution in [-0.4, -0.2) is 114 Å². The lowest BCUT2D eigenvalue weighted by Crippen LogP contribution is -2.63. The highest BCUT2D eigenvalue weighted by molar-refractivity contribution is 6.25. The number of hydrogen-bond acceptors (Lipinski definition) is 5. The SMILES string of the molecule is CCc1cccc(OCC(O)CN2C(=[N+]3CCNCC3)N=C3C2C(=O)N(C)C(=O)N3C)c1. The van der Waals surface area contributed by atoms with E-state index in [1.165, 1.54) is 11.9 Å². The number of aryl methyl sites for hydroxylation is 1. The van der Waals surface area contributed by atoms with Crippen LogP contribution in [0.5, 0.6) is 5.75 Å². The van der Waals surface area contributed by atoms with Crippen LogP contribution in [0.15, 0.2) is 29.3 Å². The molecule has 3 aliphatic heterocycles. The summed E-state index contributed by atoms with van der Waals surface area (Å²) in [6, 6.07) is 6.63. The van der Waals surface area contributed by atoms with Crippen LogP contribution < -0.4 is 10.1 Å². The Balaban J connectivity index is 1.55. The molecule has 2 unspecified atom stereocenters. The highest BCUT2D eigenvalue weighted by Gasteiger charge is 2.55. The van der Waals surface area contributed by atoms with E-state index in [1.807, 2.05) is 24.3 Å². The number of piperazine rings is 1. The molecule has 2 N–H and O–H groups in total. The molecule has 0 saturated carbocycles. The fourth-order valence-corrected chi connectivity index (χ4v) is 4.22. The number of amides is 3. The highest BCUT2D eigenvalue weighted by atomic mass is 16.5. The van der Waals surface area contributed by atoms with Gasteiger partial charge in [-0.15, -0.1) is 0 Å². The molecule has 10 heteroatoms. The van der Waals surface area contributed by atoms with E-state index >= 15 is 0 Å². The summed E-state index contributed by atoms with van der Waals surface area (Å²) in [5.41, 5.74) is 1.16. The number of benzene rings is 1. The summed E-state index contributed by atoms with van der Waals surface area (Å²) < 4.78 is 7.91. The number of hydrogen-bond donors (Lipinski definition) is 2. The number of guanidine groups is 1. The first-order valence-corrected chi connectivity index (χ1v) is 11.0. The number of carbonyl (C=O) groups is 2. The largest absolute Gasteiger partial charge is 0.491 e. The molecule has 3 amide bonds. The molecule has 172 valence electrons. The molecule has 10 nitrogen and oxygen atoms in total. The molecule has 0 spiro atoms. The van der Waals surface area contributed by atoms with Gasteiger partial charge < -0.3 is 15.2 Å². The first-order chi connectivity index (χ1) is 15.4. The van der Waals surface area contributed by atoms with Crippen molar-refractivity contribution in [2.75, 3.05) is 53.4 Å². The number of nitrogens with one attached hydrogen (secondary N) is 1. The van der Waals surface area contributed by atoms with Crippen molar-refractivity contribution in [3.8, 4) is 5.75 Å². The second kappa shape index (κ2) is 9.25. The second-order valence-electron chi connectivity index (χ2n) is 8.27. The number of imide groups is 1. The lowest BCUT2D eigenvalue weighted by molar-refractivity contribution is -0.537. The molecule has 0 aromatic heterocycles. The van der Waals surface area contributed by atoms with Crippen LogP contribution in [0, 0.1) is 0 Å². The predicted octanol–water partition coefficient (Wildman–Crippen LogP) is -0.433. The topological polar surface area (TPSA) is 101 Å². The van der Waals surface area contributed by atoms with Gasteiger partial charge in [0.25, 0.3) is 5.91 Å². The maximum atomic E-state index is 13.0. The summed E-state index contributed by atoms with van der Waals surface area (Å²) in [7, 11) is 3.09. The van der Waals surface area contributed by atoms with Gasteiger partial charge in [0.15, 0.2) is 0 Å². The van der Waals surface area contributed by atoms with E-state index in [1.54, 1.807) is 11.9 Å². The van der Waals surface area contributed by atoms with Crippen molar-refractivity contribution in [3.05, 3.63) is 29.8 Å². The van der Waals surface area contributed by atoms with Crippen molar-refractivity contribution in [2.24, 2.45) is 4.99 Å². The normalized spacial score (nSPS) is 22.3. The van der Waals surface area contributed by atoms with Crippen LogP contribution in [0.4, 0.5) is 4.79 Å². The van der Waals surface area contributed by atoms with Gasteiger partial charge in [0.05, 0.1) is 19.6 Å². The third kappa shape index (κ3) is 4.20. The summed E-state index contributed by atoms with van der Waals surface area (Å²) in [6.07, 6.45) is 0.0500. The molecule has 2 fully saturated rings. The van der Waals surface area contributed by atoms with Crippen molar-refractivity contribution in [3.63, 3.8) is 0 Å². The van der Waals surface area contributed by atoms with Gasteiger partial charge in [-0.1, -0.05) is 24.0 Å². The lowest BCUT2D eigenvalue weighted by Gasteiger charge is -2.33. The van der Waals surface area contributed by atoms with Crippen molar-refractivity contribution in [2.45, 2.75) is 25.5 Å². The zero-order chi connectivity index (χ0) is 22.8. The molecule has 3 heterocycles. The van der Waals surface area contributed by atoms with Crippen LogP contribution in [0.2, 0.25) is 0 Å². The molecular weight excluding hydrogens is 412 g/mol. The Bertz CT molecular complexity index is 953. The van der Waals surface area contributed by atoms with E-state index in [9.17, 15) is 14.7 Å². The highest BCUT2D eigenvalue weighted by Crippen LogP contribution is 2.23. The van der Waals surface area contributed by atoms with Gasteiger partial charge in [-0.3, -0.25) is 19.2 Å². The molecule has 32 heavy (non-hydrogen) atoms. The van der Waals surface area contributed by atoms with Gasteiger partial charge in [0, 0.05) is 27.2 Å². The maximum absolute atomic E-state index is 13.0. The zero-order valence-electron chi connectivity index (χ0n) is 18.8. The third-order valence-electron chi connectivity index (χ3n) is 6.07. The summed E-state index contributed by atoms with van der Waals surface area (Å²) in [5.74, 6) is 1.37. The molecule has 1 aromatic rings. The molecule has 4 rings (SSSR count). The van der Waals surface area contributed by atoms with Crippen LogP contribution in [-0.2, 0) is 11.2 Å². The second-order valence-corrected chi connectivity index (χ2v) is 8.27. The number of rotatable bonds is 6. The van der Waals surface area contributed by atoms with Gasteiger partial charge in [0.2, 0.25) is 11.9 Å². The van der Waals surface area contributed by atoms with Gasteiger partial charge in [-0.25, -0.2) is 9.69 Å². The fraction of sp³-hybridized carbons (Fsp3) is 0.545. The number of fused-ring (bicyclic) bond motifs is 1. The Labute approximate surface area is 187 Å². The molecule has 0 radical (unpaired) electrons. The van der Waals surface area contributed by atoms with E-state index < -0.39 is 18.2 Å². The van der Waals surface area contributed by atoms with Gasteiger partial charge in [-0.05, 0) is 24.1 Å². The number of nitrogens with zero attached hydrogens (tertiary/aromatic N) is 5. The summed E-state index contributed by atoms with van der Waals surface area (Å²) in [5, 5.41) is 14.1. The number of urea groups is 1. The summed E-state index contributed by atoms with van der Waals surface area (Å²) in [6.45, 7) is 5.38. The van der Waals surface area contributed by atoms with Crippen molar-refractivity contribution in [1.29, 1.82) is 0 Å². The molecular formula is C22H31N6O4+. The first kappa shape index (κ1) is 22.2. The molecule has 0 bridgehead atoms. The third-order valence-corrected chi connectivity index (χ3v) is 6.07. The standard InChI is InChI=1S/C22H31N6O4/c1-4-15-6-5-7-17(12-15)32-14-16(29)13-28-18-19(25(2)22(31)26(3)20(18)30)24-21(28)27-10-8-23-9-11-27/h5-7,12,16,18,23,29H,4,8-11,13-14H2,1-3H3/q+1. The minimum atomic E-state index is -0.853. The number of likely N-dealkylation sites (N-methyl/N-ethyl adjacent to an activating group) is 2. The van der Waals surface area contributed by atoms with Crippen LogP contribution in [0.25, 0.3) is 0 Å². The fourth-order valence-electron chi connectivity index (χ4n) is 4.22. The predicted molar refractivity (Wildman–Crippen MR) is 119 cm³/mol. The summed E-state index contributed by atoms with van der Waals surface area (Å²) >= 11 is 0. The van der Waals surface area contributed by atoms with E-state index in [4.69, 9.17) is 4.74 Å². The molecule has 2 saturated heterocycles. The van der Waals surface area contributed by atoms with Crippen molar-refractivity contribution >= 4 is 23.7 Å².